The molecule has 2 aromatic rings. The molecule has 174 valence electrons. The molecule has 0 amide bonds. The first kappa shape index (κ1) is 27.8. The zero-order valence-electron chi connectivity index (χ0n) is 18.0. The van der Waals surface area contributed by atoms with E-state index in [1.54, 1.807) is 0 Å². The van der Waals surface area contributed by atoms with E-state index in [4.69, 9.17) is 25.8 Å². The third-order valence-corrected chi connectivity index (χ3v) is 5.14. The smallest absolute Gasteiger partial charge is 0.180 e. The molecule has 5 nitrogen and oxygen atoms in total. The Kier molecular flexibility index (Phi) is 14.0. The lowest BCUT2D eigenvalue weighted by molar-refractivity contribution is 0.0374. The molecule has 0 bridgehead atoms. The maximum atomic E-state index is 6.53. The first-order valence-corrected chi connectivity index (χ1v) is 10.8. The number of benzene rings is 2. The molecule has 0 aliphatic carbocycles. The number of rotatable bonds is 11. The Morgan fingerprint density at radius 3 is 2.48 bits per heavy atom. The summed E-state index contributed by atoms with van der Waals surface area (Å²) in [5.74, 6) is 1.30. The van der Waals surface area contributed by atoms with Crippen LogP contribution >= 0.6 is 36.4 Å². The van der Waals surface area contributed by atoms with Crippen LogP contribution in [0.3, 0.4) is 0 Å². The highest BCUT2D eigenvalue weighted by molar-refractivity contribution is 6.32. The third kappa shape index (κ3) is 9.44. The van der Waals surface area contributed by atoms with Crippen LogP contribution < -0.4 is 14.8 Å². The molecule has 1 aliphatic heterocycles. The van der Waals surface area contributed by atoms with Crippen molar-refractivity contribution in [2.45, 2.75) is 26.5 Å². The zero-order chi connectivity index (χ0) is 20.3. The minimum absolute atomic E-state index is 0. The van der Waals surface area contributed by atoms with E-state index in [0.29, 0.717) is 29.7 Å². The van der Waals surface area contributed by atoms with E-state index in [9.17, 15) is 0 Å². The average Bonchev–Trinajstić information content (AvgIpc) is 2.75. The Morgan fingerprint density at radius 1 is 1.03 bits per heavy atom. The van der Waals surface area contributed by atoms with Gasteiger partial charge in [0.15, 0.2) is 11.5 Å². The lowest BCUT2D eigenvalue weighted by atomic mass is 10.2. The quantitative estimate of drug-likeness (QED) is 0.449. The predicted octanol–water partition coefficient (Wildman–Crippen LogP) is 4.97. The van der Waals surface area contributed by atoms with Gasteiger partial charge in [0.25, 0.3) is 0 Å². The number of hydrogen-bond acceptors (Lipinski definition) is 5. The summed E-state index contributed by atoms with van der Waals surface area (Å²) >= 11 is 6.53. The summed E-state index contributed by atoms with van der Waals surface area (Å²) in [6, 6.07) is 14.0. The van der Waals surface area contributed by atoms with Crippen molar-refractivity contribution in [1.29, 1.82) is 0 Å². The number of halogens is 3. The standard InChI is InChI=1S/C23H31ClN2O3.2ClH/c1-2-28-22-16-20(17-25-9-6-10-26-11-13-27-14-12-26)15-21(24)23(22)29-18-19-7-4-3-5-8-19;;/h3-5,7-8,15-16,25H,2,6,9-14,17-18H2,1H3;2*1H. The van der Waals surface area contributed by atoms with Crippen LogP contribution in [-0.4, -0.2) is 50.9 Å². The molecular weight excluding hydrogens is 459 g/mol. The molecule has 0 aromatic heterocycles. The molecule has 0 saturated carbocycles. The minimum Gasteiger partial charge on any atom is -0.490 e. The fraction of sp³-hybridized carbons (Fsp3) is 0.478. The summed E-state index contributed by atoms with van der Waals surface area (Å²) in [5.41, 5.74) is 2.19. The second-order valence-corrected chi connectivity index (χ2v) is 7.50. The van der Waals surface area contributed by atoms with Gasteiger partial charge < -0.3 is 19.5 Å². The number of morpholine rings is 1. The topological polar surface area (TPSA) is 43.0 Å². The van der Waals surface area contributed by atoms with Gasteiger partial charge in [-0.05, 0) is 49.7 Å². The molecule has 1 N–H and O–H groups in total. The maximum absolute atomic E-state index is 6.53. The summed E-state index contributed by atoms with van der Waals surface area (Å²) in [6.45, 7) is 9.59. The van der Waals surface area contributed by atoms with Gasteiger partial charge in [-0.1, -0.05) is 41.9 Å². The molecule has 1 heterocycles. The summed E-state index contributed by atoms with van der Waals surface area (Å²) in [5, 5.41) is 4.08. The molecule has 8 heteroatoms. The van der Waals surface area contributed by atoms with Crippen molar-refractivity contribution in [3.8, 4) is 11.5 Å². The summed E-state index contributed by atoms with van der Waals surface area (Å²) < 4.78 is 17.2. The van der Waals surface area contributed by atoms with Crippen LogP contribution in [0.2, 0.25) is 5.02 Å². The van der Waals surface area contributed by atoms with Crippen LogP contribution in [-0.2, 0) is 17.9 Å². The van der Waals surface area contributed by atoms with E-state index in [1.807, 2.05) is 49.4 Å². The molecular formula is C23H33Cl3N2O3. The van der Waals surface area contributed by atoms with Crippen LogP contribution in [0.1, 0.15) is 24.5 Å². The lowest BCUT2D eigenvalue weighted by Crippen LogP contribution is -2.37. The molecule has 0 unspecified atom stereocenters. The van der Waals surface area contributed by atoms with Gasteiger partial charge in [-0.3, -0.25) is 4.90 Å². The monoisotopic (exact) mass is 490 g/mol. The Bertz CT molecular complexity index is 744. The van der Waals surface area contributed by atoms with Crippen molar-refractivity contribution in [3.05, 3.63) is 58.6 Å². The number of nitrogens with zero attached hydrogens (tertiary/aromatic N) is 1. The fourth-order valence-corrected chi connectivity index (χ4v) is 3.63. The summed E-state index contributed by atoms with van der Waals surface area (Å²) in [6.07, 6.45) is 1.12. The Balaban J connectivity index is 0.00000240. The molecule has 1 fully saturated rings. The second kappa shape index (κ2) is 15.6. The minimum atomic E-state index is 0. The molecule has 0 atom stereocenters. The average molecular weight is 492 g/mol. The van der Waals surface area contributed by atoms with Crippen molar-refractivity contribution in [3.63, 3.8) is 0 Å². The van der Waals surface area contributed by atoms with E-state index in [2.05, 4.69) is 10.2 Å². The predicted molar refractivity (Wildman–Crippen MR) is 131 cm³/mol. The fourth-order valence-electron chi connectivity index (χ4n) is 3.34. The van der Waals surface area contributed by atoms with Crippen LogP contribution in [0.4, 0.5) is 0 Å². The summed E-state index contributed by atoms with van der Waals surface area (Å²) in [7, 11) is 0. The van der Waals surface area contributed by atoms with E-state index in [-0.39, 0.29) is 24.8 Å². The highest BCUT2D eigenvalue weighted by atomic mass is 35.5. The van der Waals surface area contributed by atoms with Crippen molar-refractivity contribution in [2.24, 2.45) is 0 Å². The Labute approximate surface area is 203 Å². The van der Waals surface area contributed by atoms with Crippen molar-refractivity contribution in [2.75, 3.05) is 46.0 Å². The van der Waals surface area contributed by atoms with E-state index >= 15 is 0 Å². The normalized spacial score (nSPS) is 13.7. The van der Waals surface area contributed by atoms with Gasteiger partial charge in [0.05, 0.1) is 24.8 Å². The maximum Gasteiger partial charge on any atom is 0.180 e. The zero-order valence-corrected chi connectivity index (χ0v) is 20.4. The van der Waals surface area contributed by atoms with Gasteiger partial charge in [0, 0.05) is 19.6 Å². The first-order chi connectivity index (χ1) is 14.3. The Morgan fingerprint density at radius 2 is 1.77 bits per heavy atom. The molecule has 1 aliphatic rings. The Hall–Kier alpha value is -1.21. The van der Waals surface area contributed by atoms with Crippen LogP contribution in [0.5, 0.6) is 11.5 Å². The van der Waals surface area contributed by atoms with Crippen LogP contribution in [0, 0.1) is 0 Å². The molecule has 31 heavy (non-hydrogen) atoms. The SMILES string of the molecule is CCOc1cc(CNCCCN2CCOCC2)cc(Cl)c1OCc1ccccc1.Cl.Cl. The van der Waals surface area contributed by atoms with Gasteiger partial charge in [0.1, 0.15) is 6.61 Å². The van der Waals surface area contributed by atoms with Gasteiger partial charge in [-0.2, -0.15) is 0 Å². The largest absolute Gasteiger partial charge is 0.490 e. The van der Waals surface area contributed by atoms with E-state index in [0.717, 1.165) is 63.5 Å². The van der Waals surface area contributed by atoms with Gasteiger partial charge >= 0.3 is 0 Å². The van der Waals surface area contributed by atoms with E-state index in [1.165, 1.54) is 0 Å². The van der Waals surface area contributed by atoms with Gasteiger partial charge in [-0.15, -0.1) is 24.8 Å². The van der Waals surface area contributed by atoms with Crippen LogP contribution in [0.15, 0.2) is 42.5 Å². The summed E-state index contributed by atoms with van der Waals surface area (Å²) in [4.78, 5) is 2.45. The highest BCUT2D eigenvalue weighted by Crippen LogP contribution is 2.37. The second-order valence-electron chi connectivity index (χ2n) is 7.10. The molecule has 3 rings (SSSR count). The van der Waals surface area contributed by atoms with Gasteiger partial charge in [0.2, 0.25) is 0 Å². The number of ether oxygens (including phenoxy) is 3. The van der Waals surface area contributed by atoms with Crippen molar-refractivity contribution < 1.29 is 14.2 Å². The van der Waals surface area contributed by atoms with Crippen molar-refractivity contribution >= 4 is 36.4 Å². The van der Waals surface area contributed by atoms with E-state index < -0.39 is 0 Å². The van der Waals surface area contributed by atoms with Crippen LogP contribution in [0.25, 0.3) is 0 Å². The molecule has 0 spiro atoms. The highest BCUT2D eigenvalue weighted by Gasteiger charge is 2.13. The third-order valence-electron chi connectivity index (χ3n) is 4.86. The first-order valence-electron chi connectivity index (χ1n) is 10.4. The number of nitrogens with one attached hydrogen (secondary N) is 1. The molecule has 0 radical (unpaired) electrons. The molecule has 2 aromatic carbocycles. The number of hydrogen-bond donors (Lipinski definition) is 1. The molecule has 1 saturated heterocycles. The lowest BCUT2D eigenvalue weighted by Gasteiger charge is -2.26. The van der Waals surface area contributed by atoms with Gasteiger partial charge in [-0.25, -0.2) is 0 Å². The van der Waals surface area contributed by atoms with Crippen molar-refractivity contribution in [1.82, 2.24) is 10.2 Å².